The molecule has 4 aromatic carbocycles. The van der Waals surface area contributed by atoms with Crippen LogP contribution in [0.3, 0.4) is 0 Å². The van der Waals surface area contributed by atoms with Crippen molar-refractivity contribution in [3.63, 3.8) is 0 Å². The molecule has 14 nitrogen and oxygen atoms in total. The van der Waals surface area contributed by atoms with Gasteiger partial charge in [0.25, 0.3) is 0 Å². The number of benzene rings is 4. The monoisotopic (exact) mass is 1200 g/mol. The lowest BCUT2D eigenvalue weighted by atomic mass is 9.88. The normalized spacial score (nSPS) is 17.5. The summed E-state index contributed by atoms with van der Waals surface area (Å²) in [5.74, 6) is 2.37. The van der Waals surface area contributed by atoms with Crippen LogP contribution in [-0.4, -0.2) is 171 Å². The van der Waals surface area contributed by atoms with Crippen LogP contribution in [0.5, 0.6) is 11.5 Å². The molecule has 4 fully saturated rings. The molecule has 0 saturated carbocycles. The third kappa shape index (κ3) is 18.3. The average Bonchev–Trinajstić information content (AvgIpc) is 4.26. The molecule has 2 N–H and O–H groups in total. The van der Waals surface area contributed by atoms with E-state index >= 15 is 0 Å². The molecule has 4 atom stereocenters. The first kappa shape index (κ1) is 64.6. The Hall–Kier alpha value is -4.96. The summed E-state index contributed by atoms with van der Waals surface area (Å²) in [6, 6.07) is 22.1. The smallest absolute Gasteiger partial charge is 0.318 e. The highest BCUT2D eigenvalue weighted by Crippen LogP contribution is 2.38. The molecule has 4 heterocycles. The van der Waals surface area contributed by atoms with Crippen molar-refractivity contribution < 1.29 is 28.7 Å². The van der Waals surface area contributed by atoms with Crippen LogP contribution in [0.2, 0.25) is 20.1 Å². The number of nitrogens with one attached hydrogen (secondary N) is 2. The predicted molar refractivity (Wildman–Crippen MR) is 333 cm³/mol. The molecule has 4 aliphatic heterocycles. The molecule has 0 spiro atoms. The van der Waals surface area contributed by atoms with Crippen molar-refractivity contribution in [2.45, 2.75) is 141 Å². The minimum absolute atomic E-state index is 0.0700. The lowest BCUT2D eigenvalue weighted by Crippen LogP contribution is -2.54. The van der Waals surface area contributed by atoms with E-state index in [1.807, 2.05) is 21.9 Å². The molecule has 448 valence electrons. The van der Waals surface area contributed by atoms with E-state index < -0.39 is 12.1 Å². The Balaban J connectivity index is 0.000000236. The topological polar surface area (TPSA) is 130 Å². The van der Waals surface area contributed by atoms with Gasteiger partial charge in [0.05, 0.1) is 0 Å². The van der Waals surface area contributed by atoms with E-state index in [4.69, 9.17) is 55.9 Å². The zero-order valence-corrected chi connectivity index (χ0v) is 52.6. The van der Waals surface area contributed by atoms with Crippen LogP contribution in [0.25, 0.3) is 0 Å². The maximum absolute atomic E-state index is 13.9. The predicted octanol–water partition coefficient (Wildman–Crippen LogP) is 12.3. The van der Waals surface area contributed by atoms with Crippen LogP contribution in [0, 0.1) is 13.8 Å². The highest BCUT2D eigenvalue weighted by molar-refractivity contribution is 6.35. The number of amides is 6. The number of urea groups is 2. The zero-order chi connectivity index (χ0) is 59.0. The van der Waals surface area contributed by atoms with Gasteiger partial charge in [-0.1, -0.05) is 96.6 Å². The average molecular weight is 1210 g/mol. The quantitative estimate of drug-likeness (QED) is 0.0895. The van der Waals surface area contributed by atoms with Crippen molar-refractivity contribution in [1.29, 1.82) is 0 Å². The number of hydrogen-bond acceptors (Lipinski definition) is 8. The number of rotatable bonds is 20. The van der Waals surface area contributed by atoms with Crippen molar-refractivity contribution in [1.82, 2.24) is 40.0 Å². The Labute approximate surface area is 508 Å². The van der Waals surface area contributed by atoms with Gasteiger partial charge >= 0.3 is 12.1 Å². The molecule has 4 aliphatic rings. The summed E-state index contributed by atoms with van der Waals surface area (Å²) < 4.78 is 12.9. The second-order valence-electron chi connectivity index (χ2n) is 23.3. The van der Waals surface area contributed by atoms with E-state index in [-0.39, 0.29) is 30.0 Å². The fourth-order valence-electron chi connectivity index (χ4n) is 11.6. The molecule has 18 heteroatoms. The van der Waals surface area contributed by atoms with E-state index in [0.717, 1.165) is 93.4 Å². The van der Waals surface area contributed by atoms with Gasteiger partial charge in [-0.3, -0.25) is 9.59 Å². The maximum atomic E-state index is 13.9. The summed E-state index contributed by atoms with van der Waals surface area (Å²) in [5, 5.41) is 8.12. The van der Waals surface area contributed by atoms with Crippen LogP contribution in [0.15, 0.2) is 72.8 Å². The Bertz CT molecular complexity index is 2760. The van der Waals surface area contributed by atoms with Crippen molar-refractivity contribution in [3.8, 4) is 11.5 Å². The number of carbonyl (C=O) groups is 4. The molecule has 82 heavy (non-hydrogen) atoms. The molecule has 4 aromatic rings. The third-order valence-corrected chi connectivity index (χ3v) is 17.8. The molecule has 0 aromatic heterocycles. The summed E-state index contributed by atoms with van der Waals surface area (Å²) in [6.45, 7) is 15.4. The molecule has 6 amide bonds. The van der Waals surface area contributed by atoms with E-state index in [1.54, 1.807) is 34.1 Å². The number of carbonyl (C=O) groups excluding carboxylic acids is 4. The second kappa shape index (κ2) is 31.3. The Kier molecular flexibility index (Phi) is 24.6. The first-order chi connectivity index (χ1) is 39.3. The number of ether oxygens (including phenoxy) is 2. The Morgan fingerprint density at radius 1 is 0.561 bits per heavy atom. The number of likely N-dealkylation sites (tertiary alicyclic amines) is 4. The van der Waals surface area contributed by atoms with Crippen LogP contribution < -0.4 is 20.1 Å². The number of nitrogens with zero attached hydrogens (tertiary/aromatic N) is 6. The van der Waals surface area contributed by atoms with Crippen molar-refractivity contribution >= 4 is 70.3 Å². The van der Waals surface area contributed by atoms with Crippen LogP contribution in [0.1, 0.15) is 123 Å². The van der Waals surface area contributed by atoms with Gasteiger partial charge in [0.1, 0.15) is 36.3 Å². The van der Waals surface area contributed by atoms with E-state index in [1.165, 1.54) is 22.3 Å². The van der Waals surface area contributed by atoms with E-state index in [9.17, 15) is 19.2 Å². The number of likely N-dealkylation sites (N-methyl/N-ethyl adjacent to an activating group) is 2. The van der Waals surface area contributed by atoms with Gasteiger partial charge < -0.3 is 49.5 Å². The van der Waals surface area contributed by atoms with Crippen molar-refractivity contribution in [2.75, 3.05) is 93.7 Å². The minimum atomic E-state index is -0.701. The molecule has 0 radical (unpaired) electrons. The molecule has 4 saturated heterocycles. The first-order valence-corrected chi connectivity index (χ1v) is 31.2. The number of halogens is 4. The Morgan fingerprint density at radius 2 is 0.988 bits per heavy atom. The highest BCUT2D eigenvalue weighted by Gasteiger charge is 2.35. The van der Waals surface area contributed by atoms with Crippen molar-refractivity contribution in [2.24, 2.45) is 0 Å². The van der Waals surface area contributed by atoms with Crippen molar-refractivity contribution in [3.05, 3.63) is 126 Å². The zero-order valence-electron chi connectivity index (χ0n) is 49.6. The van der Waals surface area contributed by atoms with E-state index in [0.29, 0.717) is 110 Å². The maximum Gasteiger partial charge on any atom is 0.318 e. The number of piperidine rings is 2. The second-order valence-corrected chi connectivity index (χ2v) is 25.0. The summed E-state index contributed by atoms with van der Waals surface area (Å²) in [7, 11) is 8.31. The molecular formula is C64H88Cl4N8O6. The summed E-state index contributed by atoms with van der Waals surface area (Å²) >= 11 is 25.1. The highest BCUT2D eigenvalue weighted by atomic mass is 35.5. The van der Waals surface area contributed by atoms with Crippen LogP contribution in [0.4, 0.5) is 9.59 Å². The van der Waals surface area contributed by atoms with E-state index in [2.05, 4.69) is 113 Å². The fraction of sp³-hybridized carbons (Fsp3) is 0.562. The minimum Gasteiger partial charge on any atom is -0.492 e. The van der Waals surface area contributed by atoms with Gasteiger partial charge in [-0.05, 0) is 188 Å². The van der Waals surface area contributed by atoms with Gasteiger partial charge in [-0.15, -0.1) is 0 Å². The molecular weight excluding hydrogens is 1120 g/mol. The standard InChI is InChI=1S/2C32H44Cl2N4O3/c1-5-26(36(3)4)21-41-30-18-22(2)8-11-27(30)23-12-16-37(17-13-23)31(39)29(35-32(40)38-14-6-7-15-38)19-24-9-10-25(33)20-28(24)34;1-5-26(21-36(3)4)41-30-18-22(2)8-11-27(30)23-12-16-37(17-13-23)31(39)29(35-32(40)38-14-6-7-15-38)19-24-9-10-25(33)20-28(24)34/h2*8-11,18,20,23,26,29H,5-7,12-17,19,21H2,1-4H3,(H,35,40)/t26-,29-;26-,29+/m10/s1. The summed E-state index contributed by atoms with van der Waals surface area (Å²) in [4.78, 5) is 65.5. The lowest BCUT2D eigenvalue weighted by Gasteiger charge is -2.36. The lowest BCUT2D eigenvalue weighted by molar-refractivity contribution is -0.135. The van der Waals surface area contributed by atoms with Gasteiger partial charge in [0, 0.05) is 97.9 Å². The summed E-state index contributed by atoms with van der Waals surface area (Å²) in [6.07, 6.45) is 10.00. The van der Waals surface area contributed by atoms with Gasteiger partial charge in [-0.2, -0.15) is 0 Å². The molecule has 8 rings (SSSR count). The molecule has 0 aliphatic carbocycles. The largest absolute Gasteiger partial charge is 0.492 e. The first-order valence-electron chi connectivity index (χ1n) is 29.7. The van der Waals surface area contributed by atoms with Gasteiger partial charge in [0.2, 0.25) is 11.8 Å². The van der Waals surface area contributed by atoms with Gasteiger partial charge in [-0.25, -0.2) is 9.59 Å². The SMILES string of the molecule is CC[C@@H](CN(C)C)Oc1cc(C)ccc1C1CCN(C(=O)[C@@H](Cc2ccc(Cl)cc2Cl)NC(=O)N2CCCC2)CC1.CC[C@H](COc1cc(C)ccc1C1CCN(C(=O)[C@@H](Cc2ccc(Cl)cc2Cl)NC(=O)N2CCCC2)CC1)N(C)C. The van der Waals surface area contributed by atoms with Gasteiger partial charge in [0.15, 0.2) is 0 Å². The summed E-state index contributed by atoms with van der Waals surface area (Å²) in [5.41, 5.74) is 6.35. The number of hydrogen-bond donors (Lipinski definition) is 2. The Morgan fingerprint density at radius 3 is 1.38 bits per heavy atom. The fourth-order valence-corrected chi connectivity index (χ4v) is 12.6. The number of aryl methyl sites for hydroxylation is 2. The molecule has 0 unspecified atom stereocenters. The molecule has 0 bridgehead atoms. The van der Waals surface area contributed by atoms with Crippen LogP contribution in [-0.2, 0) is 22.4 Å². The van der Waals surface area contributed by atoms with Crippen LogP contribution >= 0.6 is 46.4 Å². The third-order valence-electron chi connectivity index (χ3n) is 16.6.